The molecule has 1 aromatic carbocycles. The van der Waals surface area contributed by atoms with E-state index in [2.05, 4.69) is 28.4 Å². The summed E-state index contributed by atoms with van der Waals surface area (Å²) in [6.45, 7) is 2.06. The quantitative estimate of drug-likeness (QED) is 0.612. The van der Waals surface area contributed by atoms with Gasteiger partial charge in [-0.15, -0.1) is 0 Å². The molecule has 3 heterocycles. The number of anilines is 1. The van der Waals surface area contributed by atoms with Crippen LogP contribution < -0.4 is 5.32 Å². The summed E-state index contributed by atoms with van der Waals surface area (Å²) in [5.74, 6) is -0.0837. The van der Waals surface area contributed by atoms with Crippen LogP contribution in [0.2, 0.25) is 0 Å². The molecule has 0 bridgehead atoms. The van der Waals surface area contributed by atoms with Crippen LogP contribution in [0.15, 0.2) is 73.2 Å². The topological polar surface area (TPSA) is 59.3 Å². The summed E-state index contributed by atoms with van der Waals surface area (Å²) in [6.07, 6.45) is 6.01. The number of hydrogen-bond acceptors (Lipinski definition) is 3. The molecule has 5 nitrogen and oxygen atoms in total. The lowest BCUT2D eigenvalue weighted by Gasteiger charge is -2.05. The van der Waals surface area contributed by atoms with Crippen molar-refractivity contribution in [1.82, 2.24) is 14.4 Å². The first-order valence-corrected chi connectivity index (χ1v) is 8.43. The molecule has 0 saturated heterocycles. The first-order valence-electron chi connectivity index (χ1n) is 8.43. The van der Waals surface area contributed by atoms with Crippen LogP contribution in [0.5, 0.6) is 0 Å². The number of fused-ring (bicyclic) bond motifs is 1. The molecule has 26 heavy (non-hydrogen) atoms. The zero-order valence-corrected chi connectivity index (χ0v) is 14.4. The molecule has 0 radical (unpaired) electrons. The summed E-state index contributed by atoms with van der Waals surface area (Å²) in [7, 11) is 0. The number of nitrogens with zero attached hydrogens (tertiary/aromatic N) is 3. The van der Waals surface area contributed by atoms with Gasteiger partial charge in [0.05, 0.1) is 12.1 Å². The van der Waals surface area contributed by atoms with Gasteiger partial charge in [0.2, 0.25) is 5.91 Å². The minimum absolute atomic E-state index is 0.0837. The lowest BCUT2D eigenvalue weighted by atomic mass is 10.1. The van der Waals surface area contributed by atoms with Crippen LogP contribution in [0.3, 0.4) is 0 Å². The van der Waals surface area contributed by atoms with E-state index in [4.69, 9.17) is 0 Å². The third-order valence-corrected chi connectivity index (χ3v) is 4.13. The fourth-order valence-electron chi connectivity index (χ4n) is 2.84. The predicted molar refractivity (Wildman–Crippen MR) is 102 cm³/mol. The van der Waals surface area contributed by atoms with E-state index in [0.717, 1.165) is 28.3 Å². The van der Waals surface area contributed by atoms with Crippen molar-refractivity contribution in [1.29, 1.82) is 0 Å². The van der Waals surface area contributed by atoms with Crippen molar-refractivity contribution in [3.05, 3.63) is 84.4 Å². The average molecular weight is 342 g/mol. The Morgan fingerprint density at radius 1 is 1.04 bits per heavy atom. The van der Waals surface area contributed by atoms with Crippen molar-refractivity contribution in [3.8, 4) is 11.3 Å². The number of benzene rings is 1. The molecule has 3 aromatic heterocycles. The van der Waals surface area contributed by atoms with Crippen LogP contribution in [0.4, 0.5) is 5.69 Å². The third kappa shape index (κ3) is 3.47. The van der Waals surface area contributed by atoms with Gasteiger partial charge in [-0.2, -0.15) is 0 Å². The lowest BCUT2D eigenvalue weighted by molar-refractivity contribution is -0.115. The van der Waals surface area contributed by atoms with Crippen LogP contribution >= 0.6 is 0 Å². The molecule has 5 heteroatoms. The highest BCUT2D eigenvalue weighted by Gasteiger charge is 2.07. The maximum absolute atomic E-state index is 12.1. The van der Waals surface area contributed by atoms with E-state index in [9.17, 15) is 4.79 Å². The van der Waals surface area contributed by atoms with Crippen molar-refractivity contribution in [2.24, 2.45) is 0 Å². The second kappa shape index (κ2) is 6.80. The Labute approximate surface area is 151 Å². The number of carbonyl (C=O) groups excluding carboxylic acids is 1. The van der Waals surface area contributed by atoms with E-state index < -0.39 is 0 Å². The fourth-order valence-corrected chi connectivity index (χ4v) is 2.84. The Morgan fingerprint density at radius 2 is 1.88 bits per heavy atom. The molecule has 0 atom stereocenters. The van der Waals surface area contributed by atoms with E-state index in [1.165, 1.54) is 5.56 Å². The van der Waals surface area contributed by atoms with Crippen LogP contribution in [0.25, 0.3) is 16.9 Å². The van der Waals surface area contributed by atoms with Gasteiger partial charge in [0.15, 0.2) is 0 Å². The molecule has 0 saturated carbocycles. The second-order valence-corrected chi connectivity index (χ2v) is 6.22. The minimum atomic E-state index is -0.0837. The highest BCUT2D eigenvalue weighted by atomic mass is 16.1. The molecule has 0 unspecified atom stereocenters. The van der Waals surface area contributed by atoms with E-state index >= 15 is 0 Å². The number of pyridine rings is 2. The summed E-state index contributed by atoms with van der Waals surface area (Å²) < 4.78 is 2.02. The molecule has 1 N–H and O–H groups in total. The van der Waals surface area contributed by atoms with Crippen LogP contribution in [-0.4, -0.2) is 20.3 Å². The van der Waals surface area contributed by atoms with Crippen LogP contribution in [0, 0.1) is 6.92 Å². The van der Waals surface area contributed by atoms with Crippen molar-refractivity contribution >= 4 is 17.2 Å². The van der Waals surface area contributed by atoms with E-state index in [0.29, 0.717) is 0 Å². The first kappa shape index (κ1) is 16.0. The van der Waals surface area contributed by atoms with Gasteiger partial charge in [-0.1, -0.05) is 24.3 Å². The van der Waals surface area contributed by atoms with Gasteiger partial charge in [-0.3, -0.25) is 9.78 Å². The van der Waals surface area contributed by atoms with Gasteiger partial charge >= 0.3 is 0 Å². The highest BCUT2D eigenvalue weighted by molar-refractivity contribution is 5.92. The molecule has 4 aromatic rings. The molecular formula is C21H18N4O. The van der Waals surface area contributed by atoms with Crippen molar-refractivity contribution in [2.75, 3.05) is 5.32 Å². The Kier molecular flexibility index (Phi) is 4.19. The number of aromatic nitrogens is 3. The molecular weight excluding hydrogens is 324 g/mol. The number of rotatable bonds is 4. The molecule has 1 amide bonds. The van der Waals surface area contributed by atoms with Gasteiger partial charge < -0.3 is 9.72 Å². The van der Waals surface area contributed by atoms with E-state index in [-0.39, 0.29) is 12.3 Å². The number of hydrogen-bond donors (Lipinski definition) is 1. The molecule has 4 rings (SSSR count). The van der Waals surface area contributed by atoms with Crippen molar-refractivity contribution in [2.45, 2.75) is 13.3 Å². The Bertz CT molecular complexity index is 1050. The summed E-state index contributed by atoms with van der Waals surface area (Å²) >= 11 is 0. The van der Waals surface area contributed by atoms with Gasteiger partial charge in [0, 0.05) is 35.5 Å². The average Bonchev–Trinajstić information content (AvgIpc) is 3.06. The number of imidazole rings is 1. The van der Waals surface area contributed by atoms with Crippen molar-refractivity contribution in [3.63, 3.8) is 0 Å². The zero-order valence-electron chi connectivity index (χ0n) is 14.4. The first-order chi connectivity index (χ1) is 12.7. The van der Waals surface area contributed by atoms with E-state index in [1.54, 1.807) is 6.20 Å². The fraction of sp³-hybridized carbons (Fsp3) is 0.0952. The van der Waals surface area contributed by atoms with Gasteiger partial charge in [-0.05, 0) is 42.8 Å². The standard InChI is InChI=1S/C21H18N4O/c1-15-5-10-20-24-19(14-25(20)13-15)16-6-8-17(9-7-16)23-21(26)12-18-4-2-3-11-22-18/h2-11,13-14H,12H2,1H3,(H,23,26). The maximum Gasteiger partial charge on any atom is 0.230 e. The lowest BCUT2D eigenvalue weighted by Crippen LogP contribution is -2.14. The SMILES string of the molecule is Cc1ccc2nc(-c3ccc(NC(=O)Cc4ccccn4)cc3)cn2c1. The number of aryl methyl sites for hydroxylation is 1. The highest BCUT2D eigenvalue weighted by Crippen LogP contribution is 2.21. The normalized spacial score (nSPS) is 10.8. The summed E-state index contributed by atoms with van der Waals surface area (Å²) in [5.41, 5.74) is 5.53. The van der Waals surface area contributed by atoms with Crippen LogP contribution in [-0.2, 0) is 11.2 Å². The summed E-state index contributed by atoms with van der Waals surface area (Å²) in [4.78, 5) is 20.9. The second-order valence-electron chi connectivity index (χ2n) is 6.22. The molecule has 0 aliphatic heterocycles. The predicted octanol–water partition coefficient (Wildman–Crippen LogP) is 3.89. The monoisotopic (exact) mass is 342 g/mol. The zero-order chi connectivity index (χ0) is 17.9. The Morgan fingerprint density at radius 3 is 2.65 bits per heavy atom. The Hall–Kier alpha value is -3.47. The maximum atomic E-state index is 12.1. The number of carbonyl (C=O) groups is 1. The molecule has 0 fully saturated rings. The van der Waals surface area contributed by atoms with Crippen LogP contribution in [0.1, 0.15) is 11.3 Å². The van der Waals surface area contributed by atoms with Crippen molar-refractivity contribution < 1.29 is 4.79 Å². The molecule has 128 valence electrons. The Balaban J connectivity index is 1.48. The van der Waals surface area contributed by atoms with Gasteiger partial charge in [0.25, 0.3) is 0 Å². The minimum Gasteiger partial charge on any atom is -0.326 e. The molecule has 0 spiro atoms. The van der Waals surface area contributed by atoms with Gasteiger partial charge in [0.1, 0.15) is 5.65 Å². The largest absolute Gasteiger partial charge is 0.326 e. The van der Waals surface area contributed by atoms with E-state index in [1.807, 2.05) is 65.2 Å². The molecule has 0 aliphatic rings. The molecule has 0 aliphatic carbocycles. The number of amides is 1. The summed E-state index contributed by atoms with van der Waals surface area (Å²) in [6, 6.07) is 17.3. The van der Waals surface area contributed by atoms with Gasteiger partial charge in [-0.25, -0.2) is 4.98 Å². The summed E-state index contributed by atoms with van der Waals surface area (Å²) in [5, 5.41) is 2.90. The third-order valence-electron chi connectivity index (χ3n) is 4.13. The number of nitrogens with one attached hydrogen (secondary N) is 1. The smallest absolute Gasteiger partial charge is 0.230 e.